The van der Waals surface area contributed by atoms with Crippen molar-refractivity contribution in [2.24, 2.45) is 14.1 Å². The van der Waals surface area contributed by atoms with Gasteiger partial charge in [0.05, 0.1) is 0 Å². The van der Waals surface area contributed by atoms with Crippen molar-refractivity contribution in [2.45, 2.75) is 0 Å². The van der Waals surface area contributed by atoms with Crippen molar-refractivity contribution in [3.8, 4) is 11.8 Å². The summed E-state index contributed by atoms with van der Waals surface area (Å²) >= 11 is 0. The van der Waals surface area contributed by atoms with Gasteiger partial charge in [-0.1, -0.05) is 10.2 Å². The third-order valence-electron chi connectivity index (χ3n) is 3.41. The van der Waals surface area contributed by atoms with Crippen molar-refractivity contribution in [1.82, 2.24) is 29.8 Å². The smallest absolute Gasteiger partial charge is 0.361 e. The number of hydrogen-bond donors (Lipinski definition) is 2. The second kappa shape index (κ2) is 6.39. The number of carbonyl (C=O) groups excluding carboxylic acids is 1. The van der Waals surface area contributed by atoms with Gasteiger partial charge < -0.3 is 10.1 Å². The number of nitrogens with zero attached hydrogens (tertiary/aromatic N) is 5. The number of amides is 1. The Bertz CT molecular complexity index is 1020. The van der Waals surface area contributed by atoms with Gasteiger partial charge in [0, 0.05) is 25.8 Å². The van der Waals surface area contributed by atoms with Crippen LogP contribution < -0.4 is 21.3 Å². The minimum atomic E-state index is -0.582. The Labute approximate surface area is 139 Å². The Morgan fingerprint density at radius 2 is 1.88 bits per heavy atom. The molecule has 3 aromatic rings. The maximum Gasteiger partial charge on any atom is 0.361 e. The Kier molecular flexibility index (Phi) is 4.12. The maximum atomic E-state index is 12.3. The fourth-order valence-corrected chi connectivity index (χ4v) is 2.05. The minimum absolute atomic E-state index is 0.0415. The van der Waals surface area contributed by atoms with Crippen LogP contribution in [0.15, 0.2) is 39.9 Å². The van der Waals surface area contributed by atoms with E-state index in [2.05, 4.69) is 25.9 Å². The number of aromatic amines is 1. The number of tetrazole rings is 1. The molecule has 0 saturated heterocycles. The molecule has 3 rings (SSSR count). The molecule has 2 heterocycles. The van der Waals surface area contributed by atoms with Crippen molar-refractivity contribution >= 4 is 11.6 Å². The molecule has 128 valence electrons. The van der Waals surface area contributed by atoms with Crippen LogP contribution in [0.4, 0.5) is 5.69 Å². The number of rotatable bonds is 4. The first-order valence-corrected chi connectivity index (χ1v) is 7.05. The van der Waals surface area contributed by atoms with Crippen LogP contribution in [0.3, 0.4) is 0 Å². The lowest BCUT2D eigenvalue weighted by Gasteiger charge is -2.10. The Balaban J connectivity index is 1.77. The molecule has 11 heteroatoms. The van der Waals surface area contributed by atoms with Crippen LogP contribution >= 0.6 is 0 Å². The van der Waals surface area contributed by atoms with Gasteiger partial charge in [-0.25, -0.2) is 4.79 Å². The van der Waals surface area contributed by atoms with Gasteiger partial charge in [0.25, 0.3) is 11.5 Å². The molecule has 11 nitrogen and oxygen atoms in total. The van der Waals surface area contributed by atoms with E-state index in [-0.39, 0.29) is 11.7 Å². The van der Waals surface area contributed by atoms with E-state index >= 15 is 0 Å². The van der Waals surface area contributed by atoms with Gasteiger partial charge in [-0.15, -0.1) is 0 Å². The fourth-order valence-electron chi connectivity index (χ4n) is 2.05. The highest BCUT2D eigenvalue weighted by Gasteiger charge is 2.14. The maximum absolute atomic E-state index is 12.3. The van der Waals surface area contributed by atoms with Crippen molar-refractivity contribution in [2.75, 3.05) is 5.32 Å². The predicted octanol–water partition coefficient (Wildman–Crippen LogP) is -0.358. The highest BCUT2D eigenvalue weighted by molar-refractivity contribution is 6.02. The van der Waals surface area contributed by atoms with Crippen molar-refractivity contribution in [3.63, 3.8) is 0 Å². The Hall–Kier alpha value is -3.76. The molecular formula is C14H13N7O4. The van der Waals surface area contributed by atoms with Crippen LogP contribution in [-0.4, -0.2) is 35.7 Å². The summed E-state index contributed by atoms with van der Waals surface area (Å²) in [5.74, 6) is -0.135. The molecule has 2 aromatic heterocycles. The monoisotopic (exact) mass is 343 g/mol. The van der Waals surface area contributed by atoms with Crippen molar-refractivity contribution in [1.29, 1.82) is 0 Å². The SMILES string of the molecule is Cn1c(C(=O)Nc2ccc(Oc3nn[nH]n3)cc2)cc(=O)n(C)c1=O. The van der Waals surface area contributed by atoms with Crippen LogP contribution in [0, 0.1) is 0 Å². The van der Waals surface area contributed by atoms with E-state index in [0.29, 0.717) is 11.4 Å². The van der Waals surface area contributed by atoms with Crippen LogP contribution in [0.1, 0.15) is 10.5 Å². The quantitative estimate of drug-likeness (QED) is 0.660. The number of aromatic nitrogens is 6. The molecule has 0 aliphatic carbocycles. The molecule has 0 saturated carbocycles. The Morgan fingerprint density at radius 3 is 2.52 bits per heavy atom. The van der Waals surface area contributed by atoms with Crippen molar-refractivity contribution in [3.05, 3.63) is 56.9 Å². The first-order valence-electron chi connectivity index (χ1n) is 7.05. The van der Waals surface area contributed by atoms with E-state index in [1.54, 1.807) is 24.3 Å². The summed E-state index contributed by atoms with van der Waals surface area (Å²) in [5, 5.41) is 15.5. The summed E-state index contributed by atoms with van der Waals surface area (Å²) in [6, 6.07) is 7.53. The molecule has 0 fully saturated rings. The summed E-state index contributed by atoms with van der Waals surface area (Å²) in [7, 11) is 2.76. The molecule has 0 radical (unpaired) electrons. The van der Waals surface area contributed by atoms with Gasteiger partial charge >= 0.3 is 11.7 Å². The molecule has 2 N–H and O–H groups in total. The molecule has 0 aliphatic rings. The van der Waals surface area contributed by atoms with Crippen LogP contribution in [0.25, 0.3) is 0 Å². The standard InChI is InChI=1S/C14H13N7O4/c1-20-10(7-11(22)21(2)14(20)24)12(23)15-8-3-5-9(6-4-8)25-13-16-18-19-17-13/h3-7H,1-2H3,(H,15,23)(H,16,17,18,19). The summed E-state index contributed by atoms with van der Waals surface area (Å²) < 4.78 is 7.33. The lowest BCUT2D eigenvalue weighted by molar-refractivity contribution is 0.101. The fraction of sp³-hybridized carbons (Fsp3) is 0.143. The van der Waals surface area contributed by atoms with E-state index in [4.69, 9.17) is 4.74 Å². The molecule has 1 amide bonds. The second-order valence-electron chi connectivity index (χ2n) is 5.04. The lowest BCUT2D eigenvalue weighted by atomic mass is 10.3. The first kappa shape index (κ1) is 16.1. The number of carbonyl (C=O) groups is 1. The number of nitrogens with one attached hydrogen (secondary N) is 2. The van der Waals surface area contributed by atoms with Crippen molar-refractivity contribution < 1.29 is 9.53 Å². The number of hydrogen-bond acceptors (Lipinski definition) is 7. The van der Waals surface area contributed by atoms with Crippen LogP contribution in [-0.2, 0) is 14.1 Å². The van der Waals surface area contributed by atoms with Crippen LogP contribution in [0.5, 0.6) is 11.8 Å². The summed E-state index contributed by atoms with van der Waals surface area (Å²) in [6.45, 7) is 0. The third-order valence-corrected chi connectivity index (χ3v) is 3.41. The lowest BCUT2D eigenvalue weighted by Crippen LogP contribution is -2.40. The topological polar surface area (TPSA) is 137 Å². The van der Waals surface area contributed by atoms with E-state index in [9.17, 15) is 14.4 Å². The molecule has 0 spiro atoms. The largest absolute Gasteiger partial charge is 0.422 e. The van der Waals surface area contributed by atoms with E-state index in [0.717, 1.165) is 15.2 Å². The average molecular weight is 343 g/mol. The third kappa shape index (κ3) is 3.29. The van der Waals surface area contributed by atoms with Gasteiger partial charge in [0.2, 0.25) is 0 Å². The zero-order valence-electron chi connectivity index (χ0n) is 13.3. The normalized spacial score (nSPS) is 10.5. The predicted molar refractivity (Wildman–Crippen MR) is 85.6 cm³/mol. The minimum Gasteiger partial charge on any atom is -0.422 e. The number of H-pyrrole nitrogens is 1. The number of ether oxygens (including phenoxy) is 1. The van der Waals surface area contributed by atoms with Gasteiger partial charge in [0.15, 0.2) is 0 Å². The number of anilines is 1. The zero-order chi connectivity index (χ0) is 18.0. The van der Waals surface area contributed by atoms with Gasteiger partial charge in [-0.05, 0) is 29.5 Å². The zero-order valence-corrected chi connectivity index (χ0v) is 13.3. The molecule has 0 atom stereocenters. The van der Waals surface area contributed by atoms with E-state index in [1.807, 2.05) is 0 Å². The van der Waals surface area contributed by atoms with Gasteiger partial charge in [0.1, 0.15) is 11.4 Å². The molecule has 0 bridgehead atoms. The summed E-state index contributed by atoms with van der Waals surface area (Å²) in [5.41, 5.74) is -0.725. The highest BCUT2D eigenvalue weighted by Crippen LogP contribution is 2.19. The van der Waals surface area contributed by atoms with Crippen LogP contribution in [0.2, 0.25) is 0 Å². The van der Waals surface area contributed by atoms with Gasteiger partial charge in [-0.3, -0.25) is 18.7 Å². The molecular weight excluding hydrogens is 330 g/mol. The summed E-state index contributed by atoms with van der Waals surface area (Å²) in [6.07, 6.45) is 0. The second-order valence-corrected chi connectivity index (χ2v) is 5.04. The number of benzene rings is 1. The first-order chi connectivity index (χ1) is 12.0. The van der Waals surface area contributed by atoms with E-state index in [1.165, 1.54) is 14.1 Å². The van der Waals surface area contributed by atoms with Gasteiger partial charge in [-0.2, -0.15) is 5.21 Å². The average Bonchev–Trinajstić information content (AvgIpc) is 3.11. The highest BCUT2D eigenvalue weighted by atomic mass is 16.5. The molecule has 1 aromatic carbocycles. The molecule has 25 heavy (non-hydrogen) atoms. The Morgan fingerprint density at radius 1 is 1.16 bits per heavy atom. The van der Waals surface area contributed by atoms with E-state index < -0.39 is 17.2 Å². The molecule has 0 aliphatic heterocycles. The molecule has 0 unspecified atom stereocenters. The summed E-state index contributed by atoms with van der Waals surface area (Å²) in [4.78, 5) is 35.9.